The van der Waals surface area contributed by atoms with Gasteiger partial charge in [-0.25, -0.2) is 0 Å². The highest BCUT2D eigenvalue weighted by molar-refractivity contribution is 7.86. The van der Waals surface area contributed by atoms with E-state index in [1.807, 2.05) is 0 Å². The molecule has 2 N–H and O–H groups in total. The van der Waals surface area contributed by atoms with Crippen LogP contribution in [-0.4, -0.2) is 32.3 Å². The van der Waals surface area contributed by atoms with Gasteiger partial charge in [0.1, 0.15) is 4.90 Å². The molecule has 1 rings (SSSR count). The first kappa shape index (κ1) is 29.6. The van der Waals surface area contributed by atoms with Crippen molar-refractivity contribution < 1.29 is 27.6 Å². The fourth-order valence-electron chi connectivity index (χ4n) is 6.51. The first-order chi connectivity index (χ1) is 14.7. The summed E-state index contributed by atoms with van der Waals surface area (Å²) in [6, 6.07) is 0. The van der Waals surface area contributed by atoms with Crippen molar-refractivity contribution in [3.63, 3.8) is 0 Å². The Hall–Kier alpha value is -1.47. The molecule has 0 amide bonds. The highest BCUT2D eigenvalue weighted by Gasteiger charge is 2.48. The molecule has 6 nitrogen and oxygen atoms in total. The fraction of sp³-hybridized carbons (Fsp3) is 0.769. The van der Waals surface area contributed by atoms with Gasteiger partial charge in [-0.2, -0.15) is 8.42 Å². The summed E-state index contributed by atoms with van der Waals surface area (Å²) in [5.41, 5.74) is -0.371. The lowest BCUT2D eigenvalue weighted by Crippen LogP contribution is -2.38. The summed E-state index contributed by atoms with van der Waals surface area (Å²) < 4.78 is 47.2. The van der Waals surface area contributed by atoms with Crippen LogP contribution in [0.5, 0.6) is 17.2 Å². The molecule has 192 valence electrons. The molecule has 0 saturated carbocycles. The maximum atomic E-state index is 12.9. The second-order valence-corrected chi connectivity index (χ2v) is 13.6. The van der Waals surface area contributed by atoms with E-state index in [2.05, 4.69) is 62.3 Å². The Kier molecular flexibility index (Phi) is 8.98. The lowest BCUT2D eigenvalue weighted by Gasteiger charge is -2.49. The summed E-state index contributed by atoms with van der Waals surface area (Å²) >= 11 is 0. The van der Waals surface area contributed by atoms with Gasteiger partial charge in [0.15, 0.2) is 11.5 Å². The minimum atomic E-state index is -4.69. The van der Waals surface area contributed by atoms with Gasteiger partial charge in [-0.15, -0.1) is 0 Å². The minimum Gasteiger partial charge on any atom is -0.504 e. The predicted molar refractivity (Wildman–Crippen MR) is 134 cm³/mol. The predicted octanol–water partition coefficient (Wildman–Crippen LogP) is 6.84. The van der Waals surface area contributed by atoms with Crippen LogP contribution in [0.25, 0.3) is 0 Å². The Morgan fingerprint density at radius 1 is 0.909 bits per heavy atom. The second-order valence-electron chi connectivity index (χ2n) is 12.2. The van der Waals surface area contributed by atoms with E-state index in [9.17, 15) is 18.1 Å². The number of ether oxygens (including phenoxy) is 2. The largest absolute Gasteiger partial charge is 0.504 e. The Bertz CT molecular complexity index is 937. The molecule has 7 heteroatoms. The van der Waals surface area contributed by atoms with E-state index in [0.29, 0.717) is 11.5 Å². The summed E-state index contributed by atoms with van der Waals surface area (Å²) in [7, 11) is -1.87. The van der Waals surface area contributed by atoms with Gasteiger partial charge in [-0.05, 0) is 47.3 Å². The molecule has 0 radical (unpaired) electrons. The maximum Gasteiger partial charge on any atom is 0.295 e. The molecule has 0 aliphatic rings. The summed E-state index contributed by atoms with van der Waals surface area (Å²) in [6.45, 7) is 20.9. The van der Waals surface area contributed by atoms with E-state index in [4.69, 9.17) is 9.47 Å². The Labute approximate surface area is 201 Å². The summed E-state index contributed by atoms with van der Waals surface area (Å²) in [4.78, 5) is -0.260. The zero-order chi connectivity index (χ0) is 26.2. The lowest BCUT2D eigenvalue weighted by molar-refractivity contribution is 0.0750. The molecular weight excluding hydrogens is 440 g/mol. The molecule has 0 heterocycles. The Morgan fingerprint density at radius 2 is 1.39 bits per heavy atom. The molecule has 1 atom stereocenters. The number of hydrogen-bond acceptors (Lipinski definition) is 5. The van der Waals surface area contributed by atoms with Crippen LogP contribution in [-0.2, 0) is 16.5 Å². The van der Waals surface area contributed by atoms with Gasteiger partial charge < -0.3 is 14.6 Å². The molecular formula is C26H46O6S. The Morgan fingerprint density at radius 3 is 1.73 bits per heavy atom. The van der Waals surface area contributed by atoms with Gasteiger partial charge in [-0.1, -0.05) is 69.2 Å². The van der Waals surface area contributed by atoms with Gasteiger partial charge in [0, 0.05) is 11.1 Å². The standard InChI is InChI=1S/C26H46O6S/c1-13-17-20(31-11)21(32-12)19(27)18(22(17)33(28,29)30)23(25(7,8)14-16(2)3)26(9,10)15-24(4,5)6/h16,23,27H,13-15H2,1-12H3,(H,28,29,30). The van der Waals surface area contributed by atoms with E-state index in [0.717, 1.165) is 12.8 Å². The third kappa shape index (κ3) is 6.56. The lowest BCUT2D eigenvalue weighted by atomic mass is 9.56. The number of aromatic hydroxyl groups is 1. The van der Waals surface area contributed by atoms with Crippen LogP contribution in [0.3, 0.4) is 0 Å². The molecule has 0 aliphatic carbocycles. The highest BCUT2D eigenvalue weighted by Crippen LogP contribution is 2.60. The number of phenols is 1. The van der Waals surface area contributed by atoms with Crippen LogP contribution in [0.4, 0.5) is 0 Å². The summed E-state index contributed by atoms with van der Waals surface area (Å²) in [5, 5.41) is 11.5. The van der Waals surface area contributed by atoms with Crippen molar-refractivity contribution in [1.29, 1.82) is 0 Å². The number of hydrogen-bond donors (Lipinski definition) is 2. The van der Waals surface area contributed by atoms with Gasteiger partial charge in [0.2, 0.25) is 5.75 Å². The first-order valence-corrected chi connectivity index (χ1v) is 13.2. The van der Waals surface area contributed by atoms with Crippen molar-refractivity contribution in [3.05, 3.63) is 11.1 Å². The van der Waals surface area contributed by atoms with Crippen molar-refractivity contribution in [3.8, 4) is 17.2 Å². The molecule has 1 aromatic rings. The fourth-order valence-corrected chi connectivity index (χ4v) is 7.55. The van der Waals surface area contributed by atoms with E-state index in [1.165, 1.54) is 14.2 Å². The topological polar surface area (TPSA) is 93.1 Å². The SMILES string of the molecule is CCc1c(OC)c(OC)c(O)c(C(C(C)(C)CC(C)C)C(C)(C)CC(C)(C)C)c1S(=O)(=O)O. The summed E-state index contributed by atoms with van der Waals surface area (Å²) in [6.07, 6.45) is 1.84. The normalized spacial score (nSPS) is 14.5. The molecule has 0 bridgehead atoms. The van der Waals surface area contributed by atoms with Gasteiger partial charge in [0.25, 0.3) is 10.1 Å². The van der Waals surface area contributed by atoms with Crippen molar-refractivity contribution in [2.24, 2.45) is 22.2 Å². The molecule has 1 aromatic carbocycles. The van der Waals surface area contributed by atoms with Gasteiger partial charge in [-0.3, -0.25) is 4.55 Å². The van der Waals surface area contributed by atoms with Crippen LogP contribution in [0.2, 0.25) is 0 Å². The number of benzene rings is 1. The number of methoxy groups -OCH3 is 2. The monoisotopic (exact) mass is 486 g/mol. The average Bonchev–Trinajstić information content (AvgIpc) is 2.57. The van der Waals surface area contributed by atoms with Crippen LogP contribution in [0, 0.1) is 22.2 Å². The molecule has 0 aromatic heterocycles. The van der Waals surface area contributed by atoms with E-state index < -0.39 is 26.9 Å². The average molecular weight is 487 g/mol. The van der Waals surface area contributed by atoms with Gasteiger partial charge >= 0.3 is 0 Å². The quantitative estimate of drug-likeness (QED) is 0.352. The molecule has 0 fully saturated rings. The third-order valence-electron chi connectivity index (χ3n) is 6.26. The first-order valence-electron chi connectivity index (χ1n) is 11.7. The highest BCUT2D eigenvalue weighted by atomic mass is 32.2. The van der Waals surface area contributed by atoms with Gasteiger partial charge in [0.05, 0.1) is 14.2 Å². The van der Waals surface area contributed by atoms with Crippen molar-refractivity contribution in [1.82, 2.24) is 0 Å². The third-order valence-corrected chi connectivity index (χ3v) is 7.24. The molecule has 33 heavy (non-hydrogen) atoms. The second kappa shape index (κ2) is 10.0. The van der Waals surface area contributed by atoms with Crippen molar-refractivity contribution in [2.75, 3.05) is 14.2 Å². The van der Waals surface area contributed by atoms with Crippen LogP contribution < -0.4 is 9.47 Å². The zero-order valence-corrected chi connectivity index (χ0v) is 23.5. The number of rotatable bonds is 10. The van der Waals surface area contributed by atoms with E-state index >= 15 is 0 Å². The number of phenolic OH excluding ortho intramolecular Hbond substituents is 1. The maximum absolute atomic E-state index is 12.9. The van der Waals surface area contributed by atoms with Crippen LogP contribution in [0.1, 0.15) is 99.1 Å². The summed E-state index contributed by atoms with van der Waals surface area (Å²) in [5.74, 6) is -0.136. The minimum absolute atomic E-state index is 0.0479. The Balaban J connectivity index is 4.34. The van der Waals surface area contributed by atoms with Crippen molar-refractivity contribution in [2.45, 2.75) is 99.3 Å². The molecule has 0 aliphatic heterocycles. The van der Waals surface area contributed by atoms with Crippen LogP contribution >= 0.6 is 0 Å². The molecule has 0 saturated heterocycles. The van der Waals surface area contributed by atoms with E-state index in [1.54, 1.807) is 6.92 Å². The molecule has 1 unspecified atom stereocenters. The zero-order valence-electron chi connectivity index (χ0n) is 22.7. The molecule has 0 spiro atoms. The smallest absolute Gasteiger partial charge is 0.295 e. The van der Waals surface area contributed by atoms with E-state index in [-0.39, 0.29) is 39.5 Å². The van der Waals surface area contributed by atoms with Crippen LogP contribution in [0.15, 0.2) is 4.90 Å². The van der Waals surface area contributed by atoms with Crippen molar-refractivity contribution >= 4 is 10.1 Å².